The predicted octanol–water partition coefficient (Wildman–Crippen LogP) is -0.886. The van der Waals surface area contributed by atoms with E-state index in [0.29, 0.717) is 0 Å². The smallest absolute Gasteiger partial charge is 0.299 e. The van der Waals surface area contributed by atoms with Crippen LogP contribution in [0.2, 0.25) is 0 Å². The van der Waals surface area contributed by atoms with Crippen LogP contribution in [0.15, 0.2) is 0 Å². The summed E-state index contributed by atoms with van der Waals surface area (Å²) in [6, 6.07) is 0. The second-order valence-electron chi connectivity index (χ2n) is 1.12. The van der Waals surface area contributed by atoms with Crippen LogP contribution in [0.5, 0.6) is 0 Å². The molecule has 0 saturated carbocycles. The van der Waals surface area contributed by atoms with Crippen LogP contribution in [-0.4, -0.2) is 33.5 Å². The Kier molecular flexibility index (Phi) is 4.66. The lowest BCUT2D eigenvalue weighted by molar-refractivity contribution is -0.581. The van der Waals surface area contributed by atoms with E-state index in [-0.39, 0.29) is 5.23 Å². The highest BCUT2D eigenvalue weighted by atomic mass is 17.4. The van der Waals surface area contributed by atoms with Crippen LogP contribution in [0.1, 0.15) is 0 Å². The quantitative estimate of drug-likeness (QED) is 0.354. The Balaban J connectivity index is 3.52. The minimum Gasteiger partial charge on any atom is -0.299 e. The molecule has 0 bridgehead atoms. The fourth-order valence-corrected chi connectivity index (χ4v) is 0.207. The number of carbonyl (C=O) groups is 1. The number of hydrogen-bond donors (Lipinski definition) is 3. The molecule has 8 heteroatoms. The number of hydroxylamine groups is 2. The van der Waals surface area contributed by atoms with Gasteiger partial charge in [-0.05, 0) is 0 Å². The molecule has 0 saturated heterocycles. The van der Waals surface area contributed by atoms with Gasteiger partial charge in [-0.2, -0.15) is 5.26 Å². The number of hydrogen-bond acceptors (Lipinski definition) is 8. The van der Waals surface area contributed by atoms with Gasteiger partial charge < -0.3 is 0 Å². The van der Waals surface area contributed by atoms with E-state index in [1.807, 2.05) is 0 Å². The first kappa shape index (κ1) is 9.23. The van der Waals surface area contributed by atoms with Gasteiger partial charge in [0.2, 0.25) is 0 Å². The molecular formula is C2H5NO7. The van der Waals surface area contributed by atoms with Gasteiger partial charge in [-0.1, -0.05) is 0 Å². The molecule has 0 amide bonds. The van der Waals surface area contributed by atoms with Crippen molar-refractivity contribution in [3.05, 3.63) is 0 Å². The molecule has 0 fully saturated rings. The molecule has 3 N–H and O–H groups in total. The van der Waals surface area contributed by atoms with Crippen LogP contribution >= 0.6 is 0 Å². The maximum Gasteiger partial charge on any atom is 0.361 e. The third-order valence-electron chi connectivity index (χ3n) is 0.542. The van der Waals surface area contributed by atoms with Gasteiger partial charge in [-0.3, -0.25) is 4.89 Å². The molecule has 0 aliphatic carbocycles. The van der Waals surface area contributed by atoms with Gasteiger partial charge in [0.1, 0.15) is 0 Å². The van der Waals surface area contributed by atoms with Gasteiger partial charge >= 0.3 is 5.97 Å². The first-order chi connectivity index (χ1) is 4.74. The molecule has 0 unspecified atom stereocenters. The van der Waals surface area contributed by atoms with Crippen molar-refractivity contribution in [1.29, 1.82) is 0 Å². The Morgan fingerprint density at radius 2 is 1.80 bits per heavy atom. The topological polar surface area (TPSA) is 109 Å². The zero-order valence-electron chi connectivity index (χ0n) is 4.63. The highest BCUT2D eigenvalue weighted by molar-refractivity contribution is 5.70. The minimum atomic E-state index is -1.18. The first-order valence-corrected chi connectivity index (χ1v) is 1.99. The van der Waals surface area contributed by atoms with E-state index >= 15 is 0 Å². The van der Waals surface area contributed by atoms with Crippen molar-refractivity contribution in [3.63, 3.8) is 0 Å². The molecule has 60 valence electrons. The summed E-state index contributed by atoms with van der Waals surface area (Å²) in [5.41, 5.74) is 0. The number of carbonyl (C=O) groups excluding carboxylic acids is 1. The average Bonchev–Trinajstić information content (AvgIpc) is 1.99. The Morgan fingerprint density at radius 3 is 2.10 bits per heavy atom. The maximum atomic E-state index is 10.0. The molecule has 8 nitrogen and oxygen atoms in total. The Bertz CT molecular complexity index is 99.8. The fourth-order valence-electron chi connectivity index (χ4n) is 0.207. The molecule has 0 spiro atoms. The summed E-state index contributed by atoms with van der Waals surface area (Å²) >= 11 is 0. The summed E-state index contributed by atoms with van der Waals surface area (Å²) in [5.74, 6) is -1.18. The lowest BCUT2D eigenvalue weighted by atomic mass is 10.7. The Labute approximate surface area is 54.4 Å². The largest absolute Gasteiger partial charge is 0.361 e. The van der Waals surface area contributed by atoms with E-state index in [9.17, 15) is 4.79 Å². The second kappa shape index (κ2) is 5.05. The van der Waals surface area contributed by atoms with Crippen molar-refractivity contribution in [2.24, 2.45) is 0 Å². The van der Waals surface area contributed by atoms with Crippen LogP contribution in [0, 0.1) is 0 Å². The molecule has 0 aromatic rings. The van der Waals surface area contributed by atoms with E-state index in [0.717, 1.165) is 0 Å². The predicted molar refractivity (Wildman–Crippen MR) is 22.9 cm³/mol. The van der Waals surface area contributed by atoms with E-state index in [1.165, 1.54) is 0 Å². The van der Waals surface area contributed by atoms with E-state index in [4.69, 9.17) is 15.8 Å². The molecule has 10 heavy (non-hydrogen) atoms. The van der Waals surface area contributed by atoms with Crippen molar-refractivity contribution >= 4 is 5.97 Å². The zero-order chi connectivity index (χ0) is 7.98. The highest BCUT2D eigenvalue weighted by Crippen LogP contribution is 1.86. The molecule has 0 aromatic heterocycles. The van der Waals surface area contributed by atoms with Crippen LogP contribution in [0.4, 0.5) is 0 Å². The summed E-state index contributed by atoms with van der Waals surface area (Å²) in [6.45, 7) is -0.788. The average molecular weight is 155 g/mol. The van der Waals surface area contributed by atoms with Crippen molar-refractivity contribution in [2.45, 2.75) is 0 Å². The van der Waals surface area contributed by atoms with E-state index in [1.54, 1.807) is 0 Å². The molecule has 0 radical (unpaired) electrons. The lowest BCUT2D eigenvalue weighted by Gasteiger charge is -2.07. The standard InChI is InChI=1S/C2H5NO7/c4-2(8-5)1-3(9-6)10-7/h5-7H,1H2. The molecule has 0 aliphatic heterocycles. The van der Waals surface area contributed by atoms with E-state index < -0.39 is 12.5 Å². The Hall–Kier alpha value is -0.770. The molecule has 0 heterocycles. The van der Waals surface area contributed by atoms with Crippen molar-refractivity contribution in [2.75, 3.05) is 6.54 Å². The van der Waals surface area contributed by atoms with Crippen molar-refractivity contribution < 1.29 is 35.4 Å². The van der Waals surface area contributed by atoms with Crippen molar-refractivity contribution in [1.82, 2.24) is 5.23 Å². The summed E-state index contributed by atoms with van der Waals surface area (Å²) in [5, 5.41) is 23.0. The van der Waals surface area contributed by atoms with Gasteiger partial charge in [0.05, 0.1) is 0 Å². The summed E-state index contributed by atoms with van der Waals surface area (Å²) in [4.78, 5) is 19.6. The highest BCUT2D eigenvalue weighted by Gasteiger charge is 2.12. The molecular weight excluding hydrogens is 150 g/mol. The molecule has 0 aromatic carbocycles. The monoisotopic (exact) mass is 155 g/mol. The van der Waals surface area contributed by atoms with Gasteiger partial charge in [-0.15, -0.1) is 9.98 Å². The minimum absolute atomic E-state index is 0.0431. The summed E-state index contributed by atoms with van der Waals surface area (Å²) in [7, 11) is 0. The third-order valence-corrected chi connectivity index (χ3v) is 0.542. The van der Waals surface area contributed by atoms with Gasteiger partial charge in [-0.25, -0.2) is 15.3 Å². The van der Waals surface area contributed by atoms with Gasteiger partial charge in [0.25, 0.3) is 0 Å². The number of rotatable bonds is 4. The maximum absolute atomic E-state index is 10.0. The van der Waals surface area contributed by atoms with Crippen LogP contribution < -0.4 is 0 Å². The van der Waals surface area contributed by atoms with E-state index in [2.05, 4.69) is 14.9 Å². The molecule has 0 aliphatic rings. The lowest BCUT2D eigenvalue weighted by Crippen LogP contribution is -2.29. The normalized spacial score (nSPS) is 10.0. The third kappa shape index (κ3) is 3.29. The van der Waals surface area contributed by atoms with Crippen molar-refractivity contribution in [3.8, 4) is 0 Å². The van der Waals surface area contributed by atoms with Gasteiger partial charge in [0, 0.05) is 5.23 Å². The summed E-state index contributed by atoms with van der Waals surface area (Å²) < 4.78 is 0. The Morgan fingerprint density at radius 1 is 1.30 bits per heavy atom. The SMILES string of the molecule is O=C(CN(OO)OO)OO. The zero-order valence-corrected chi connectivity index (χ0v) is 4.63. The number of nitrogens with zero attached hydrogens (tertiary/aromatic N) is 1. The van der Waals surface area contributed by atoms with Gasteiger partial charge in [0.15, 0.2) is 6.54 Å². The molecule has 0 rings (SSSR count). The first-order valence-electron chi connectivity index (χ1n) is 1.99. The van der Waals surface area contributed by atoms with Crippen LogP contribution in [0.3, 0.4) is 0 Å². The fraction of sp³-hybridized carbons (Fsp3) is 0.500. The molecule has 0 atom stereocenters. The van der Waals surface area contributed by atoms with Crippen LogP contribution in [0.25, 0.3) is 0 Å². The second-order valence-corrected chi connectivity index (χ2v) is 1.12. The summed E-state index contributed by atoms with van der Waals surface area (Å²) in [6.07, 6.45) is 0. The van der Waals surface area contributed by atoms with Crippen LogP contribution in [-0.2, 0) is 19.7 Å².